The van der Waals surface area contributed by atoms with E-state index in [0.717, 1.165) is 0 Å². The zero-order chi connectivity index (χ0) is 10.0. The minimum Gasteiger partial charge on any atom is -0.297 e. The summed E-state index contributed by atoms with van der Waals surface area (Å²) in [7, 11) is 2.51. The van der Waals surface area contributed by atoms with Crippen molar-refractivity contribution in [2.24, 2.45) is 5.92 Å². The molecule has 1 heterocycles. The average Bonchev–Trinajstić information content (AvgIpc) is 2.49. The highest BCUT2D eigenvalue weighted by molar-refractivity contribution is 7.19. The standard InChI is InChI=1S/C9H17FNOP/c1-6(2)8(12)9(13)11-4-3-7(10)5-11/h6-7,9H,3-5,13H2,1-2H3. The van der Waals surface area contributed by atoms with Crippen LogP contribution in [0.1, 0.15) is 20.3 Å². The van der Waals surface area contributed by atoms with Crippen molar-refractivity contribution in [2.75, 3.05) is 13.1 Å². The number of alkyl halides is 1. The van der Waals surface area contributed by atoms with Crippen LogP contribution in [0.25, 0.3) is 0 Å². The summed E-state index contributed by atoms with van der Waals surface area (Å²) in [6.07, 6.45) is -0.181. The van der Waals surface area contributed by atoms with Gasteiger partial charge in [-0.1, -0.05) is 13.8 Å². The molecule has 3 atom stereocenters. The highest BCUT2D eigenvalue weighted by Crippen LogP contribution is 2.21. The summed E-state index contributed by atoms with van der Waals surface area (Å²) in [6, 6.07) is 0. The van der Waals surface area contributed by atoms with Gasteiger partial charge in [-0.3, -0.25) is 9.69 Å². The molecule has 0 aromatic rings. The Morgan fingerprint density at radius 1 is 1.62 bits per heavy atom. The normalized spacial score (nSPS) is 26.7. The molecule has 13 heavy (non-hydrogen) atoms. The molecule has 0 aromatic heterocycles. The molecule has 0 amide bonds. The first-order valence-corrected chi connectivity index (χ1v) is 5.36. The minimum atomic E-state index is -0.747. The molecule has 1 saturated heterocycles. The van der Waals surface area contributed by atoms with Gasteiger partial charge in [0.2, 0.25) is 0 Å². The molecule has 1 fully saturated rings. The lowest BCUT2D eigenvalue weighted by Crippen LogP contribution is -2.37. The number of likely N-dealkylation sites (tertiary alicyclic amines) is 1. The zero-order valence-corrected chi connectivity index (χ0v) is 9.32. The van der Waals surface area contributed by atoms with Crippen LogP contribution in [0.4, 0.5) is 4.39 Å². The fraction of sp³-hybridized carbons (Fsp3) is 0.889. The van der Waals surface area contributed by atoms with Crippen molar-refractivity contribution in [3.05, 3.63) is 0 Å². The van der Waals surface area contributed by atoms with Gasteiger partial charge in [0.25, 0.3) is 0 Å². The Balaban J connectivity index is 2.48. The van der Waals surface area contributed by atoms with Crippen molar-refractivity contribution in [1.82, 2.24) is 4.90 Å². The molecule has 0 saturated carbocycles. The van der Waals surface area contributed by atoms with Crippen LogP contribution in [0.3, 0.4) is 0 Å². The third-order valence-corrected chi connectivity index (χ3v) is 3.17. The SMILES string of the molecule is CC(C)C(=O)C(P)N1CCC(F)C1. The van der Waals surface area contributed by atoms with E-state index < -0.39 is 6.17 Å². The fourth-order valence-electron chi connectivity index (χ4n) is 1.52. The van der Waals surface area contributed by atoms with E-state index in [1.165, 1.54) is 0 Å². The van der Waals surface area contributed by atoms with Crippen molar-refractivity contribution in [3.63, 3.8) is 0 Å². The number of Topliss-reactive ketones (excluding diaryl/α,β-unsaturated/α-hetero) is 1. The number of ketones is 1. The molecule has 1 aliphatic heterocycles. The van der Waals surface area contributed by atoms with Crippen LogP contribution >= 0.6 is 9.24 Å². The number of carbonyl (C=O) groups excluding carboxylic acids is 1. The van der Waals surface area contributed by atoms with Crippen LogP contribution in [0.2, 0.25) is 0 Å². The minimum absolute atomic E-state index is 0.0289. The lowest BCUT2D eigenvalue weighted by atomic mass is 10.1. The van der Waals surface area contributed by atoms with Gasteiger partial charge in [0.05, 0.1) is 5.78 Å². The fourth-order valence-corrected chi connectivity index (χ4v) is 2.17. The molecule has 3 unspecified atom stereocenters. The van der Waals surface area contributed by atoms with Gasteiger partial charge in [-0.15, -0.1) is 9.24 Å². The van der Waals surface area contributed by atoms with E-state index in [1.54, 1.807) is 0 Å². The average molecular weight is 205 g/mol. The van der Waals surface area contributed by atoms with Gasteiger partial charge in [0.15, 0.2) is 5.78 Å². The highest BCUT2D eigenvalue weighted by atomic mass is 31.0. The molecule has 76 valence electrons. The summed E-state index contributed by atoms with van der Waals surface area (Å²) >= 11 is 0. The molecule has 1 aliphatic rings. The summed E-state index contributed by atoms with van der Waals surface area (Å²) in [6.45, 7) is 4.87. The predicted molar refractivity (Wildman–Crippen MR) is 54.4 cm³/mol. The highest BCUT2D eigenvalue weighted by Gasteiger charge is 2.30. The second-order valence-corrected chi connectivity index (χ2v) is 4.51. The van der Waals surface area contributed by atoms with E-state index in [-0.39, 0.29) is 17.5 Å². The monoisotopic (exact) mass is 205 g/mol. The topological polar surface area (TPSA) is 20.3 Å². The maximum absolute atomic E-state index is 12.8. The second-order valence-electron chi connectivity index (χ2n) is 3.88. The molecule has 0 aromatic carbocycles. The van der Waals surface area contributed by atoms with Crippen LogP contribution in [0.5, 0.6) is 0 Å². The number of hydrogen-bond donors (Lipinski definition) is 0. The maximum Gasteiger partial charge on any atom is 0.156 e. The van der Waals surface area contributed by atoms with E-state index in [1.807, 2.05) is 18.7 Å². The van der Waals surface area contributed by atoms with Gasteiger partial charge in [-0.2, -0.15) is 0 Å². The molecule has 4 heteroatoms. The largest absolute Gasteiger partial charge is 0.297 e. The van der Waals surface area contributed by atoms with E-state index in [9.17, 15) is 9.18 Å². The lowest BCUT2D eigenvalue weighted by Gasteiger charge is -2.23. The molecule has 1 rings (SSSR count). The van der Waals surface area contributed by atoms with Gasteiger partial charge in [0, 0.05) is 19.0 Å². The number of halogens is 1. The summed E-state index contributed by atoms with van der Waals surface area (Å²) in [4.78, 5) is 13.5. The zero-order valence-electron chi connectivity index (χ0n) is 8.16. The van der Waals surface area contributed by atoms with Crippen LogP contribution in [0, 0.1) is 5.92 Å². The van der Waals surface area contributed by atoms with Gasteiger partial charge in [0.1, 0.15) is 6.17 Å². The van der Waals surface area contributed by atoms with Gasteiger partial charge >= 0.3 is 0 Å². The Bertz CT molecular complexity index is 198. The van der Waals surface area contributed by atoms with Crippen molar-refractivity contribution in [2.45, 2.75) is 32.2 Å². The van der Waals surface area contributed by atoms with E-state index >= 15 is 0 Å². The number of hydrogen-bond acceptors (Lipinski definition) is 2. The Kier molecular flexibility index (Phi) is 3.81. The Labute approximate surface area is 81.1 Å². The predicted octanol–water partition coefficient (Wildman–Crippen LogP) is 1.46. The molecule has 0 bridgehead atoms. The molecule has 0 aliphatic carbocycles. The summed E-state index contributed by atoms with van der Waals surface area (Å²) in [5.41, 5.74) is 0. The van der Waals surface area contributed by atoms with E-state index in [4.69, 9.17) is 0 Å². The number of nitrogens with zero attached hydrogens (tertiary/aromatic N) is 1. The van der Waals surface area contributed by atoms with Crippen molar-refractivity contribution in [1.29, 1.82) is 0 Å². The van der Waals surface area contributed by atoms with Crippen LogP contribution in [-0.4, -0.2) is 35.7 Å². The second kappa shape index (κ2) is 4.47. The molecule has 0 spiro atoms. The quantitative estimate of drug-likeness (QED) is 0.650. The maximum atomic E-state index is 12.8. The summed E-state index contributed by atoms with van der Waals surface area (Å²) in [5, 5.41) is 0. The molecule has 0 N–H and O–H groups in total. The Morgan fingerprint density at radius 2 is 2.23 bits per heavy atom. The number of rotatable bonds is 3. The number of carbonyl (C=O) groups is 1. The molecular weight excluding hydrogens is 188 g/mol. The van der Waals surface area contributed by atoms with Crippen molar-refractivity contribution in [3.8, 4) is 0 Å². The van der Waals surface area contributed by atoms with Gasteiger partial charge < -0.3 is 0 Å². The van der Waals surface area contributed by atoms with Gasteiger partial charge in [-0.25, -0.2) is 4.39 Å². The van der Waals surface area contributed by atoms with E-state index in [0.29, 0.717) is 19.5 Å². The lowest BCUT2D eigenvalue weighted by molar-refractivity contribution is -0.124. The first-order chi connectivity index (χ1) is 6.02. The van der Waals surface area contributed by atoms with Crippen molar-refractivity contribution >= 4 is 15.0 Å². The van der Waals surface area contributed by atoms with Crippen molar-refractivity contribution < 1.29 is 9.18 Å². The third-order valence-electron chi connectivity index (χ3n) is 2.42. The van der Waals surface area contributed by atoms with Crippen LogP contribution < -0.4 is 0 Å². The summed E-state index contributed by atoms with van der Waals surface area (Å²) in [5.74, 6) is 0.0148. The third kappa shape index (κ3) is 2.72. The Hall–Kier alpha value is -0.0100. The first kappa shape index (κ1) is 11.1. The van der Waals surface area contributed by atoms with Crippen LogP contribution in [0.15, 0.2) is 0 Å². The van der Waals surface area contributed by atoms with Gasteiger partial charge in [-0.05, 0) is 6.42 Å². The van der Waals surface area contributed by atoms with Crippen LogP contribution in [-0.2, 0) is 4.79 Å². The molecule has 0 radical (unpaired) electrons. The van der Waals surface area contributed by atoms with E-state index in [2.05, 4.69) is 9.24 Å². The smallest absolute Gasteiger partial charge is 0.156 e. The molecular formula is C9H17FNOP. The molecule has 2 nitrogen and oxygen atoms in total. The first-order valence-electron chi connectivity index (χ1n) is 4.69. The Morgan fingerprint density at radius 3 is 2.62 bits per heavy atom. The summed E-state index contributed by atoms with van der Waals surface area (Å²) < 4.78 is 12.8.